The maximum atomic E-state index is 3.62. The molecule has 6 aromatic carbocycles. The van der Waals surface area contributed by atoms with Crippen molar-refractivity contribution in [3.05, 3.63) is 166 Å². The van der Waals surface area contributed by atoms with Crippen LogP contribution in [0.25, 0.3) is 11.1 Å². The van der Waals surface area contributed by atoms with Crippen LogP contribution >= 0.6 is 15.9 Å². The second-order valence-electron chi connectivity index (χ2n) is 12.7. The summed E-state index contributed by atoms with van der Waals surface area (Å²) in [6.45, 7) is 11.1. The zero-order valence-corrected chi connectivity index (χ0v) is 28.1. The maximum absolute atomic E-state index is 3.62. The third-order valence-electron chi connectivity index (χ3n) is 9.12. The number of benzene rings is 6. The van der Waals surface area contributed by atoms with Gasteiger partial charge < -0.3 is 9.80 Å². The highest BCUT2D eigenvalue weighted by Crippen LogP contribution is 2.52. The molecule has 1 aliphatic rings. The van der Waals surface area contributed by atoms with Gasteiger partial charge in [0, 0.05) is 44.0 Å². The largest absolute Gasteiger partial charge is 0.310 e. The standard InChI is InChI=1S/C42H37BrN2/c1-28-6-14-32(15-7-28)44(33-16-8-29(2)9-17-33)36-22-24-38-39-25-23-37(27-41(39)42(4,5)40(38)26-36)45(34-18-10-30(3)11-19-34)35-20-12-31(43)13-21-35/h6-27H,1-5H3. The molecule has 222 valence electrons. The van der Waals surface area contributed by atoms with E-state index < -0.39 is 0 Å². The van der Waals surface area contributed by atoms with Gasteiger partial charge in [0.2, 0.25) is 0 Å². The quantitative estimate of drug-likeness (QED) is 0.177. The molecule has 0 N–H and O–H groups in total. The van der Waals surface area contributed by atoms with Crippen molar-refractivity contribution in [2.45, 2.75) is 40.0 Å². The predicted octanol–water partition coefficient (Wildman–Crippen LogP) is 12.6. The zero-order chi connectivity index (χ0) is 31.3. The van der Waals surface area contributed by atoms with Gasteiger partial charge in [-0.1, -0.05) is 95.0 Å². The molecule has 0 radical (unpaired) electrons. The topological polar surface area (TPSA) is 6.48 Å². The summed E-state index contributed by atoms with van der Waals surface area (Å²) < 4.78 is 1.07. The molecule has 0 atom stereocenters. The second-order valence-corrected chi connectivity index (χ2v) is 13.7. The van der Waals surface area contributed by atoms with E-state index in [4.69, 9.17) is 0 Å². The fourth-order valence-corrected chi connectivity index (χ4v) is 6.82. The highest BCUT2D eigenvalue weighted by molar-refractivity contribution is 9.10. The van der Waals surface area contributed by atoms with E-state index in [1.165, 1.54) is 44.6 Å². The fourth-order valence-electron chi connectivity index (χ4n) is 6.56. The van der Waals surface area contributed by atoms with Gasteiger partial charge in [0.15, 0.2) is 0 Å². The van der Waals surface area contributed by atoms with Gasteiger partial charge >= 0.3 is 0 Å². The molecule has 1 aliphatic carbocycles. The first-order chi connectivity index (χ1) is 21.7. The number of rotatable bonds is 6. The van der Waals surface area contributed by atoms with Gasteiger partial charge in [0.25, 0.3) is 0 Å². The average Bonchev–Trinajstić information content (AvgIpc) is 3.26. The highest BCUT2D eigenvalue weighted by atomic mass is 79.9. The molecule has 0 aliphatic heterocycles. The summed E-state index contributed by atoms with van der Waals surface area (Å²) in [7, 11) is 0. The minimum Gasteiger partial charge on any atom is -0.310 e. The molecule has 0 aromatic heterocycles. The molecule has 0 heterocycles. The van der Waals surface area contributed by atoms with Crippen molar-refractivity contribution in [3.8, 4) is 11.1 Å². The Labute approximate surface area is 275 Å². The first-order valence-electron chi connectivity index (χ1n) is 15.5. The Morgan fingerprint density at radius 1 is 0.400 bits per heavy atom. The first-order valence-corrected chi connectivity index (χ1v) is 16.3. The molecular formula is C42H37BrN2. The number of hydrogen-bond donors (Lipinski definition) is 0. The SMILES string of the molecule is Cc1ccc(N(c2ccc(C)cc2)c2ccc3c(c2)C(C)(C)c2cc(N(c4ccc(C)cc4)c4ccc(Br)cc4)ccc2-3)cc1. The number of halogens is 1. The van der Waals surface area contributed by atoms with E-state index in [9.17, 15) is 0 Å². The number of hydrogen-bond acceptors (Lipinski definition) is 2. The fraction of sp³-hybridized carbons (Fsp3) is 0.143. The van der Waals surface area contributed by atoms with Crippen LogP contribution in [0.15, 0.2) is 138 Å². The zero-order valence-electron chi connectivity index (χ0n) is 26.5. The molecule has 45 heavy (non-hydrogen) atoms. The van der Waals surface area contributed by atoms with Gasteiger partial charge in [0.05, 0.1) is 0 Å². The van der Waals surface area contributed by atoms with Crippen LogP contribution < -0.4 is 9.80 Å². The first kappa shape index (κ1) is 29.1. The van der Waals surface area contributed by atoms with Crippen molar-refractivity contribution in [1.29, 1.82) is 0 Å². The molecule has 0 unspecified atom stereocenters. The number of anilines is 6. The summed E-state index contributed by atoms with van der Waals surface area (Å²) in [4.78, 5) is 4.73. The van der Waals surface area contributed by atoms with Gasteiger partial charge in [-0.2, -0.15) is 0 Å². The minimum absolute atomic E-state index is 0.179. The summed E-state index contributed by atoms with van der Waals surface area (Å²) in [6.07, 6.45) is 0. The lowest BCUT2D eigenvalue weighted by Crippen LogP contribution is -2.17. The lowest BCUT2D eigenvalue weighted by atomic mass is 9.82. The normalized spacial score (nSPS) is 12.8. The van der Waals surface area contributed by atoms with Crippen LogP contribution in [0.3, 0.4) is 0 Å². The molecule has 0 saturated heterocycles. The number of aryl methyl sites for hydroxylation is 3. The van der Waals surface area contributed by atoms with E-state index in [1.807, 2.05) is 0 Å². The van der Waals surface area contributed by atoms with Gasteiger partial charge in [0.1, 0.15) is 0 Å². The van der Waals surface area contributed by atoms with Crippen LogP contribution in [0.4, 0.5) is 34.1 Å². The molecule has 6 aromatic rings. The molecule has 7 rings (SSSR count). The van der Waals surface area contributed by atoms with E-state index in [1.54, 1.807) is 0 Å². The Bertz CT molecular complexity index is 1750. The Kier molecular flexibility index (Phi) is 7.38. The van der Waals surface area contributed by atoms with E-state index >= 15 is 0 Å². The van der Waals surface area contributed by atoms with Gasteiger partial charge in [-0.3, -0.25) is 0 Å². The summed E-state index contributed by atoms with van der Waals surface area (Å²) in [5, 5.41) is 0. The Balaban J connectivity index is 1.33. The summed E-state index contributed by atoms with van der Waals surface area (Å²) in [6, 6.07) is 49.0. The van der Waals surface area contributed by atoms with Crippen LogP contribution in [0.5, 0.6) is 0 Å². The number of fused-ring (bicyclic) bond motifs is 3. The molecule has 2 nitrogen and oxygen atoms in total. The second kappa shape index (κ2) is 11.4. The molecular weight excluding hydrogens is 612 g/mol. The van der Waals surface area contributed by atoms with Crippen molar-refractivity contribution in [3.63, 3.8) is 0 Å². The Morgan fingerprint density at radius 3 is 1.02 bits per heavy atom. The van der Waals surface area contributed by atoms with Crippen LogP contribution in [0.2, 0.25) is 0 Å². The van der Waals surface area contributed by atoms with E-state index in [2.05, 4.69) is 194 Å². The van der Waals surface area contributed by atoms with Crippen molar-refractivity contribution < 1.29 is 0 Å². The summed E-state index contributed by atoms with van der Waals surface area (Å²) >= 11 is 3.62. The lowest BCUT2D eigenvalue weighted by Gasteiger charge is -2.29. The molecule has 3 heteroatoms. The molecule has 0 fully saturated rings. The highest BCUT2D eigenvalue weighted by Gasteiger charge is 2.36. The van der Waals surface area contributed by atoms with Crippen molar-refractivity contribution in [2.75, 3.05) is 9.80 Å². The molecule has 0 saturated carbocycles. The maximum Gasteiger partial charge on any atom is 0.0465 e. The van der Waals surface area contributed by atoms with E-state index in [0.29, 0.717) is 0 Å². The molecule has 0 spiro atoms. The number of nitrogens with zero attached hydrogens (tertiary/aromatic N) is 2. The minimum atomic E-state index is -0.179. The Hall–Kier alpha value is -4.60. The van der Waals surface area contributed by atoms with Crippen LogP contribution in [0, 0.1) is 20.8 Å². The van der Waals surface area contributed by atoms with E-state index in [0.717, 1.165) is 32.9 Å². The summed E-state index contributed by atoms with van der Waals surface area (Å²) in [5.74, 6) is 0. The Morgan fingerprint density at radius 2 is 0.689 bits per heavy atom. The van der Waals surface area contributed by atoms with Crippen molar-refractivity contribution >= 4 is 50.1 Å². The predicted molar refractivity (Wildman–Crippen MR) is 195 cm³/mol. The van der Waals surface area contributed by atoms with Gasteiger partial charge in [-0.05, 0) is 128 Å². The summed E-state index contributed by atoms with van der Waals surface area (Å²) in [5.41, 5.74) is 15.8. The average molecular weight is 650 g/mol. The third kappa shape index (κ3) is 5.36. The van der Waals surface area contributed by atoms with Gasteiger partial charge in [-0.25, -0.2) is 0 Å². The van der Waals surface area contributed by atoms with Crippen molar-refractivity contribution in [2.24, 2.45) is 0 Å². The molecule has 0 amide bonds. The van der Waals surface area contributed by atoms with E-state index in [-0.39, 0.29) is 5.41 Å². The van der Waals surface area contributed by atoms with Crippen LogP contribution in [-0.4, -0.2) is 0 Å². The molecule has 0 bridgehead atoms. The smallest absolute Gasteiger partial charge is 0.0465 e. The van der Waals surface area contributed by atoms with Crippen LogP contribution in [-0.2, 0) is 5.41 Å². The van der Waals surface area contributed by atoms with Crippen LogP contribution in [0.1, 0.15) is 41.7 Å². The van der Waals surface area contributed by atoms with Gasteiger partial charge in [-0.15, -0.1) is 0 Å². The van der Waals surface area contributed by atoms with Crippen molar-refractivity contribution in [1.82, 2.24) is 0 Å². The lowest BCUT2D eigenvalue weighted by molar-refractivity contribution is 0.660. The third-order valence-corrected chi connectivity index (χ3v) is 9.65. The monoisotopic (exact) mass is 648 g/mol.